The minimum absolute atomic E-state index is 0.00173. The molecule has 9 heteroatoms. The number of terminal acetylenes is 4. The van der Waals surface area contributed by atoms with Crippen molar-refractivity contribution < 1.29 is 23.9 Å². The number of hydrogen-bond donors (Lipinski definition) is 1. The van der Waals surface area contributed by atoms with Gasteiger partial charge in [0.1, 0.15) is 5.60 Å². The van der Waals surface area contributed by atoms with Crippen LogP contribution in [-0.2, 0) is 23.9 Å². The summed E-state index contributed by atoms with van der Waals surface area (Å²) in [7, 11) is 0. The number of rotatable bonds is 16. The minimum atomic E-state index is -0.632. The minimum Gasteiger partial charge on any atom is -0.460 e. The number of hydrogen-bond acceptors (Lipinski definition) is 6. The zero-order chi connectivity index (χ0) is 28.3. The van der Waals surface area contributed by atoms with E-state index in [1.807, 2.05) is 0 Å². The normalized spacial score (nSPS) is 10.1. The number of amides is 3. The first-order chi connectivity index (χ1) is 17.5. The lowest BCUT2D eigenvalue weighted by Gasteiger charge is -2.26. The smallest absolute Gasteiger partial charge is 0.308 e. The van der Waals surface area contributed by atoms with E-state index in [-0.39, 0.29) is 82.7 Å². The molecule has 3 amide bonds. The molecule has 0 rings (SSSR count). The van der Waals surface area contributed by atoms with Crippen molar-refractivity contribution in [2.75, 3.05) is 52.4 Å². The van der Waals surface area contributed by atoms with Gasteiger partial charge in [-0.1, -0.05) is 23.7 Å². The molecule has 0 heterocycles. The number of nitrogens with zero attached hydrogens (tertiary/aromatic N) is 3. The first-order valence-corrected chi connectivity index (χ1v) is 12.0. The van der Waals surface area contributed by atoms with Crippen LogP contribution in [0.5, 0.6) is 0 Å². The van der Waals surface area contributed by atoms with E-state index in [9.17, 15) is 19.2 Å². The summed E-state index contributed by atoms with van der Waals surface area (Å²) in [6.07, 6.45) is 21.5. The summed E-state index contributed by atoms with van der Waals surface area (Å²) < 4.78 is 5.27. The number of ether oxygens (including phenoxy) is 1. The molecule has 0 radical (unpaired) electrons. The van der Waals surface area contributed by atoms with Gasteiger partial charge < -0.3 is 24.8 Å². The third-order valence-corrected chi connectivity index (χ3v) is 4.84. The Morgan fingerprint density at radius 2 is 1.08 bits per heavy atom. The summed E-state index contributed by atoms with van der Waals surface area (Å²) in [4.78, 5) is 54.1. The Hall–Kier alpha value is -3.92. The van der Waals surface area contributed by atoms with Crippen molar-refractivity contribution in [3.8, 4) is 49.4 Å². The molecule has 0 bridgehead atoms. The van der Waals surface area contributed by atoms with Gasteiger partial charge in [0.25, 0.3) is 0 Å². The number of nitrogens with one attached hydrogen (secondary N) is 1. The molecule has 37 heavy (non-hydrogen) atoms. The lowest BCUT2D eigenvalue weighted by atomic mass is 10.2. The first-order valence-electron chi connectivity index (χ1n) is 12.0. The van der Waals surface area contributed by atoms with E-state index < -0.39 is 11.6 Å². The van der Waals surface area contributed by atoms with Crippen LogP contribution in [0.3, 0.4) is 0 Å². The summed E-state index contributed by atoms with van der Waals surface area (Å²) in [5.74, 6) is 8.38. The Morgan fingerprint density at radius 1 is 0.676 bits per heavy atom. The van der Waals surface area contributed by atoms with Gasteiger partial charge >= 0.3 is 5.97 Å². The average molecular weight is 511 g/mol. The molecule has 0 saturated heterocycles. The van der Waals surface area contributed by atoms with E-state index in [0.29, 0.717) is 13.1 Å². The molecule has 0 aromatic heterocycles. The van der Waals surface area contributed by atoms with Crippen molar-refractivity contribution in [1.82, 2.24) is 20.0 Å². The molecule has 9 nitrogen and oxygen atoms in total. The maximum absolute atomic E-state index is 12.8. The van der Waals surface area contributed by atoms with Crippen LogP contribution >= 0.6 is 0 Å². The molecule has 1 N–H and O–H groups in total. The highest BCUT2D eigenvalue weighted by atomic mass is 16.6. The Morgan fingerprint density at radius 3 is 1.46 bits per heavy atom. The van der Waals surface area contributed by atoms with Crippen molar-refractivity contribution in [3.05, 3.63) is 0 Å². The molecule has 0 unspecified atom stereocenters. The van der Waals surface area contributed by atoms with Gasteiger partial charge in [0.15, 0.2) is 0 Å². The largest absolute Gasteiger partial charge is 0.460 e. The molecule has 0 aliphatic rings. The van der Waals surface area contributed by atoms with E-state index in [2.05, 4.69) is 29.0 Å². The van der Waals surface area contributed by atoms with Crippen LogP contribution in [0.15, 0.2) is 0 Å². The fourth-order valence-corrected chi connectivity index (χ4v) is 3.12. The van der Waals surface area contributed by atoms with Gasteiger partial charge in [0, 0.05) is 45.4 Å². The molecule has 0 saturated carbocycles. The standard InChI is InChI=1S/C28H38N4O5/c1-8-16-29-17-12-24(33)30(18-9-2)21-13-25(34)31(19-10-3)22-14-26(35)32(20-11-4)23-15-27(36)37-28(5,6)7/h1-4,29H,12-23H2,5-7H3. The summed E-state index contributed by atoms with van der Waals surface area (Å²) in [5, 5.41) is 2.93. The van der Waals surface area contributed by atoms with E-state index in [1.165, 1.54) is 14.7 Å². The Balaban J connectivity index is 4.95. The maximum atomic E-state index is 12.8. The van der Waals surface area contributed by atoms with E-state index in [4.69, 9.17) is 30.4 Å². The molecule has 0 atom stereocenters. The molecule has 0 aromatic carbocycles. The van der Waals surface area contributed by atoms with Crippen molar-refractivity contribution in [3.63, 3.8) is 0 Å². The molecule has 0 aliphatic heterocycles. The maximum Gasteiger partial charge on any atom is 0.308 e. The van der Waals surface area contributed by atoms with E-state index in [0.717, 1.165) is 0 Å². The monoisotopic (exact) mass is 510 g/mol. The van der Waals surface area contributed by atoms with Crippen molar-refractivity contribution in [1.29, 1.82) is 0 Å². The summed E-state index contributed by atoms with van der Waals surface area (Å²) in [6, 6.07) is 0. The highest BCUT2D eigenvalue weighted by Gasteiger charge is 2.21. The van der Waals surface area contributed by atoms with Crippen LogP contribution in [0.2, 0.25) is 0 Å². The molecule has 200 valence electrons. The molecular formula is C28H38N4O5. The second kappa shape index (κ2) is 18.4. The third-order valence-electron chi connectivity index (χ3n) is 4.84. The van der Waals surface area contributed by atoms with Crippen LogP contribution in [0.4, 0.5) is 0 Å². The SMILES string of the molecule is C#CCNCCC(=O)N(CC#C)CCC(=O)N(CC#C)CCC(=O)N(CC#C)CCC(=O)OC(C)(C)C. The molecular weight excluding hydrogens is 472 g/mol. The van der Waals surface area contributed by atoms with Crippen molar-refractivity contribution >= 4 is 23.7 Å². The Kier molecular flexibility index (Phi) is 16.4. The van der Waals surface area contributed by atoms with Crippen LogP contribution in [0.1, 0.15) is 46.5 Å². The highest BCUT2D eigenvalue weighted by molar-refractivity contribution is 5.81. The molecule has 0 aliphatic carbocycles. The number of carbonyl (C=O) groups excluding carboxylic acids is 4. The van der Waals surface area contributed by atoms with Gasteiger partial charge in [-0.15, -0.1) is 25.7 Å². The number of carbonyl (C=O) groups is 4. The van der Waals surface area contributed by atoms with Gasteiger partial charge in [-0.2, -0.15) is 0 Å². The average Bonchev–Trinajstić information content (AvgIpc) is 2.83. The van der Waals surface area contributed by atoms with Gasteiger partial charge in [-0.3, -0.25) is 19.2 Å². The fraction of sp³-hybridized carbons (Fsp3) is 0.571. The predicted octanol–water partition coefficient (Wildman–Crippen LogP) is 0.497. The van der Waals surface area contributed by atoms with E-state index >= 15 is 0 Å². The van der Waals surface area contributed by atoms with Crippen LogP contribution in [-0.4, -0.2) is 96.3 Å². The van der Waals surface area contributed by atoms with Crippen LogP contribution < -0.4 is 5.32 Å². The van der Waals surface area contributed by atoms with Crippen LogP contribution in [0.25, 0.3) is 0 Å². The van der Waals surface area contributed by atoms with Gasteiger partial charge in [0.05, 0.1) is 32.6 Å². The summed E-state index contributed by atoms with van der Waals surface area (Å²) in [6.45, 7) is 6.37. The van der Waals surface area contributed by atoms with Crippen molar-refractivity contribution in [2.24, 2.45) is 0 Å². The predicted molar refractivity (Wildman–Crippen MR) is 142 cm³/mol. The highest BCUT2D eigenvalue weighted by Crippen LogP contribution is 2.09. The number of esters is 1. The van der Waals surface area contributed by atoms with Crippen molar-refractivity contribution in [2.45, 2.75) is 52.1 Å². The second-order valence-electron chi connectivity index (χ2n) is 9.03. The zero-order valence-corrected chi connectivity index (χ0v) is 22.2. The van der Waals surface area contributed by atoms with Gasteiger partial charge in [-0.05, 0) is 20.8 Å². The second-order valence-corrected chi connectivity index (χ2v) is 9.03. The Bertz CT molecular complexity index is 940. The molecule has 0 fully saturated rings. The molecule has 0 spiro atoms. The summed E-state index contributed by atoms with van der Waals surface area (Å²) >= 11 is 0. The zero-order valence-electron chi connectivity index (χ0n) is 22.2. The lowest BCUT2D eigenvalue weighted by molar-refractivity contribution is -0.155. The van der Waals surface area contributed by atoms with Gasteiger partial charge in [-0.25, -0.2) is 0 Å². The fourth-order valence-electron chi connectivity index (χ4n) is 3.12. The topological polar surface area (TPSA) is 99.3 Å². The quantitative estimate of drug-likeness (QED) is 0.184. The molecule has 0 aromatic rings. The van der Waals surface area contributed by atoms with Crippen LogP contribution in [0, 0.1) is 49.4 Å². The third kappa shape index (κ3) is 15.6. The lowest BCUT2D eigenvalue weighted by Crippen LogP contribution is -2.40. The van der Waals surface area contributed by atoms with Gasteiger partial charge in [0.2, 0.25) is 17.7 Å². The summed E-state index contributed by atoms with van der Waals surface area (Å²) in [5.41, 5.74) is -0.632. The Labute approximate surface area is 221 Å². The first kappa shape index (κ1) is 33.1. The van der Waals surface area contributed by atoms with E-state index in [1.54, 1.807) is 20.8 Å².